The summed E-state index contributed by atoms with van der Waals surface area (Å²) in [5.74, 6) is 0.928. The van der Waals surface area contributed by atoms with Crippen molar-refractivity contribution in [3.8, 4) is 11.3 Å². The summed E-state index contributed by atoms with van der Waals surface area (Å²) >= 11 is 0. The van der Waals surface area contributed by atoms with E-state index in [2.05, 4.69) is 38.6 Å². The number of hydrogen-bond donors (Lipinski definition) is 2. The first-order chi connectivity index (χ1) is 13.2. The van der Waals surface area contributed by atoms with Gasteiger partial charge in [-0.05, 0) is 37.5 Å². The van der Waals surface area contributed by atoms with Crippen molar-refractivity contribution in [2.24, 2.45) is 0 Å². The molecule has 2 aromatic carbocycles. The Morgan fingerprint density at radius 2 is 1.93 bits per heavy atom. The van der Waals surface area contributed by atoms with Gasteiger partial charge in [-0.3, -0.25) is 9.89 Å². The quantitative estimate of drug-likeness (QED) is 0.744. The first-order valence-electron chi connectivity index (χ1n) is 9.42. The third-order valence-electron chi connectivity index (χ3n) is 5.04. The number of nitrogens with zero attached hydrogens (tertiary/aromatic N) is 2. The predicted octanol–water partition coefficient (Wildman–Crippen LogP) is 3.78. The number of amides is 1. The zero-order chi connectivity index (χ0) is 18.6. The van der Waals surface area contributed by atoms with Gasteiger partial charge in [0.1, 0.15) is 0 Å². The summed E-state index contributed by atoms with van der Waals surface area (Å²) in [6, 6.07) is 20.1. The Labute approximate surface area is 159 Å². The van der Waals surface area contributed by atoms with Crippen LogP contribution in [0, 0.1) is 6.92 Å². The number of aryl methyl sites for hydroxylation is 1. The van der Waals surface area contributed by atoms with Gasteiger partial charge in [0.2, 0.25) is 0 Å². The fourth-order valence-electron chi connectivity index (χ4n) is 3.52. The van der Waals surface area contributed by atoms with Crippen LogP contribution in [0.3, 0.4) is 0 Å². The van der Waals surface area contributed by atoms with E-state index in [1.165, 1.54) is 0 Å². The highest BCUT2D eigenvalue weighted by atomic mass is 16.1. The molecule has 5 nitrogen and oxygen atoms in total. The van der Waals surface area contributed by atoms with Crippen LogP contribution in [0.15, 0.2) is 60.7 Å². The first kappa shape index (κ1) is 17.3. The lowest BCUT2D eigenvalue weighted by Gasteiger charge is -2.33. The molecule has 0 radical (unpaired) electrons. The molecule has 0 saturated carbocycles. The Morgan fingerprint density at radius 3 is 2.70 bits per heavy atom. The lowest BCUT2D eigenvalue weighted by molar-refractivity contribution is 0.0933. The van der Waals surface area contributed by atoms with Crippen molar-refractivity contribution in [1.29, 1.82) is 0 Å². The number of benzene rings is 2. The van der Waals surface area contributed by atoms with Gasteiger partial charge in [0.05, 0.1) is 5.69 Å². The molecule has 2 N–H and O–H groups in total. The van der Waals surface area contributed by atoms with E-state index in [4.69, 9.17) is 0 Å². The number of aromatic amines is 1. The lowest BCUT2D eigenvalue weighted by Crippen LogP contribution is -2.48. The van der Waals surface area contributed by atoms with E-state index < -0.39 is 0 Å². The second-order valence-electron chi connectivity index (χ2n) is 7.13. The second-order valence-corrected chi connectivity index (χ2v) is 7.13. The molecule has 4 rings (SSSR count). The van der Waals surface area contributed by atoms with Gasteiger partial charge >= 0.3 is 0 Å². The van der Waals surface area contributed by atoms with Gasteiger partial charge in [-0.15, -0.1) is 0 Å². The largest absolute Gasteiger partial charge is 0.353 e. The van der Waals surface area contributed by atoms with Crippen molar-refractivity contribution < 1.29 is 4.79 Å². The topological polar surface area (TPSA) is 61.0 Å². The minimum absolute atomic E-state index is 0.00569. The molecular weight excluding hydrogens is 336 g/mol. The number of hydrogen-bond acceptors (Lipinski definition) is 3. The van der Waals surface area contributed by atoms with E-state index in [0.717, 1.165) is 48.6 Å². The third-order valence-corrected chi connectivity index (χ3v) is 5.04. The average molecular weight is 360 g/mol. The normalized spacial score (nSPS) is 16.9. The minimum Gasteiger partial charge on any atom is -0.353 e. The SMILES string of the molecule is Cc1ccc(C(=O)N[C@H]2CCCN(c3cc(-c4ccccc4)[nH]n3)C2)cc1. The van der Waals surface area contributed by atoms with Crippen molar-refractivity contribution in [3.63, 3.8) is 0 Å². The fourth-order valence-corrected chi connectivity index (χ4v) is 3.52. The molecule has 1 saturated heterocycles. The van der Waals surface area contributed by atoms with Crippen molar-refractivity contribution in [1.82, 2.24) is 15.5 Å². The molecule has 2 heterocycles. The Balaban J connectivity index is 1.42. The summed E-state index contributed by atoms with van der Waals surface area (Å²) in [6.07, 6.45) is 2.02. The van der Waals surface area contributed by atoms with Crippen LogP contribution in [-0.2, 0) is 0 Å². The van der Waals surface area contributed by atoms with Crippen molar-refractivity contribution in [2.45, 2.75) is 25.8 Å². The average Bonchev–Trinajstić information content (AvgIpc) is 3.20. The third kappa shape index (κ3) is 4.03. The summed E-state index contributed by atoms with van der Waals surface area (Å²) in [5.41, 5.74) is 4.00. The molecule has 0 unspecified atom stereocenters. The standard InChI is InChI=1S/C22H24N4O/c1-16-9-11-18(12-10-16)22(27)23-19-8-5-13-26(15-19)21-14-20(24-25-21)17-6-3-2-4-7-17/h2-4,6-7,9-12,14,19H,5,8,13,15H2,1H3,(H,23,27)(H,24,25)/t19-/m0/s1. The van der Waals surface area contributed by atoms with E-state index in [9.17, 15) is 4.79 Å². The maximum Gasteiger partial charge on any atom is 0.251 e. The molecule has 0 aliphatic carbocycles. The van der Waals surface area contributed by atoms with Gasteiger partial charge in [-0.2, -0.15) is 5.10 Å². The van der Waals surface area contributed by atoms with Gasteiger partial charge in [0.15, 0.2) is 5.82 Å². The smallest absolute Gasteiger partial charge is 0.251 e. The number of carbonyl (C=O) groups is 1. The molecule has 1 aliphatic heterocycles. The monoisotopic (exact) mass is 360 g/mol. The highest BCUT2D eigenvalue weighted by Gasteiger charge is 2.23. The number of piperidine rings is 1. The minimum atomic E-state index is -0.00569. The number of H-pyrrole nitrogens is 1. The van der Waals surface area contributed by atoms with Crippen LogP contribution in [-0.4, -0.2) is 35.2 Å². The summed E-state index contributed by atoms with van der Waals surface area (Å²) in [6.45, 7) is 3.75. The Morgan fingerprint density at radius 1 is 1.15 bits per heavy atom. The van der Waals surface area contributed by atoms with Crippen molar-refractivity contribution in [2.75, 3.05) is 18.0 Å². The number of anilines is 1. The molecule has 1 amide bonds. The van der Waals surface area contributed by atoms with E-state index >= 15 is 0 Å². The second kappa shape index (κ2) is 7.66. The van der Waals surface area contributed by atoms with Gasteiger partial charge < -0.3 is 10.2 Å². The van der Waals surface area contributed by atoms with Crippen LogP contribution in [0.25, 0.3) is 11.3 Å². The molecule has 3 aromatic rings. The Bertz CT molecular complexity index is 902. The van der Waals surface area contributed by atoms with Gasteiger partial charge in [-0.1, -0.05) is 48.0 Å². The molecule has 1 aliphatic rings. The van der Waals surface area contributed by atoms with Gasteiger partial charge in [0, 0.05) is 30.8 Å². The molecule has 138 valence electrons. The molecule has 0 spiro atoms. The van der Waals surface area contributed by atoms with Crippen LogP contribution < -0.4 is 10.2 Å². The summed E-state index contributed by atoms with van der Waals surface area (Å²) in [7, 11) is 0. The van der Waals surface area contributed by atoms with Crippen molar-refractivity contribution >= 4 is 11.7 Å². The zero-order valence-corrected chi connectivity index (χ0v) is 15.5. The molecule has 0 bridgehead atoms. The van der Waals surface area contributed by atoms with E-state index in [-0.39, 0.29) is 11.9 Å². The number of aromatic nitrogens is 2. The molecule has 1 aromatic heterocycles. The number of rotatable bonds is 4. The molecule has 1 atom stereocenters. The predicted molar refractivity (Wildman–Crippen MR) is 108 cm³/mol. The maximum absolute atomic E-state index is 12.5. The number of carbonyl (C=O) groups excluding carboxylic acids is 1. The summed E-state index contributed by atoms with van der Waals surface area (Å²) < 4.78 is 0. The first-order valence-corrected chi connectivity index (χ1v) is 9.42. The molecule has 5 heteroatoms. The van der Waals surface area contributed by atoms with E-state index in [1.54, 1.807) is 0 Å². The summed E-state index contributed by atoms with van der Waals surface area (Å²) in [4.78, 5) is 14.7. The summed E-state index contributed by atoms with van der Waals surface area (Å²) in [5, 5.41) is 10.8. The van der Waals surface area contributed by atoms with Crippen LogP contribution in [0.5, 0.6) is 0 Å². The van der Waals surface area contributed by atoms with Gasteiger partial charge in [0.25, 0.3) is 5.91 Å². The Kier molecular flexibility index (Phi) is 4.92. The van der Waals surface area contributed by atoms with Crippen LogP contribution in [0.1, 0.15) is 28.8 Å². The Hall–Kier alpha value is -3.08. The van der Waals surface area contributed by atoms with Crippen molar-refractivity contribution in [3.05, 3.63) is 71.8 Å². The highest BCUT2D eigenvalue weighted by Crippen LogP contribution is 2.24. The molecule has 1 fully saturated rings. The van der Waals surface area contributed by atoms with Crippen LogP contribution >= 0.6 is 0 Å². The fraction of sp³-hybridized carbons (Fsp3) is 0.273. The lowest BCUT2D eigenvalue weighted by atomic mass is 10.0. The molecule has 27 heavy (non-hydrogen) atoms. The molecular formula is C22H24N4O. The van der Waals surface area contributed by atoms with E-state index in [1.807, 2.05) is 49.4 Å². The maximum atomic E-state index is 12.5. The van der Waals surface area contributed by atoms with E-state index in [0.29, 0.717) is 5.56 Å². The highest BCUT2D eigenvalue weighted by molar-refractivity contribution is 5.94. The zero-order valence-electron chi connectivity index (χ0n) is 15.5. The van der Waals surface area contributed by atoms with Gasteiger partial charge in [-0.25, -0.2) is 0 Å². The van der Waals surface area contributed by atoms with Crippen LogP contribution in [0.4, 0.5) is 5.82 Å². The number of nitrogens with one attached hydrogen (secondary N) is 2. The van der Waals surface area contributed by atoms with Crippen LogP contribution in [0.2, 0.25) is 0 Å².